The molecule has 2 atom stereocenters. The predicted octanol–water partition coefficient (Wildman–Crippen LogP) is 3.37. The number of carbonyl (C=O) groups is 1. The fourth-order valence-corrected chi connectivity index (χ4v) is 3.53. The number of halogens is 2. The third-order valence-corrected chi connectivity index (χ3v) is 4.65. The number of fused-ring (bicyclic) bond motifs is 1. The summed E-state index contributed by atoms with van der Waals surface area (Å²) in [5.41, 5.74) is 0.144. The molecule has 1 aromatic carbocycles. The van der Waals surface area contributed by atoms with Gasteiger partial charge in [0.25, 0.3) is 5.91 Å². The van der Waals surface area contributed by atoms with Gasteiger partial charge in [-0.2, -0.15) is 0 Å². The molecule has 1 saturated carbocycles. The van der Waals surface area contributed by atoms with Crippen LogP contribution >= 0.6 is 15.9 Å². The Bertz CT molecular complexity index is 521. The molecule has 0 spiro atoms. The molecule has 0 N–H and O–H groups in total. The molecule has 20 heavy (non-hydrogen) atoms. The number of hydrogen-bond donors (Lipinski definition) is 0. The number of amides is 1. The Balaban J connectivity index is 1.87. The van der Waals surface area contributed by atoms with Gasteiger partial charge in [-0.05, 0) is 31.0 Å². The molecule has 1 heterocycles. The van der Waals surface area contributed by atoms with Crippen LogP contribution in [0.5, 0.6) is 0 Å². The van der Waals surface area contributed by atoms with Crippen molar-refractivity contribution in [1.82, 2.24) is 4.90 Å². The van der Waals surface area contributed by atoms with Gasteiger partial charge in [0.1, 0.15) is 5.82 Å². The summed E-state index contributed by atoms with van der Waals surface area (Å²) in [4.78, 5) is 14.4. The average molecular weight is 342 g/mol. The molecule has 2 unspecified atom stereocenters. The first kappa shape index (κ1) is 14.0. The van der Waals surface area contributed by atoms with E-state index in [0.29, 0.717) is 13.2 Å². The summed E-state index contributed by atoms with van der Waals surface area (Å²) in [7, 11) is 0. The van der Waals surface area contributed by atoms with Gasteiger partial charge in [-0.1, -0.05) is 28.8 Å². The van der Waals surface area contributed by atoms with Gasteiger partial charge in [-0.25, -0.2) is 4.39 Å². The maximum absolute atomic E-state index is 13.9. The number of ether oxygens (including phenoxy) is 1. The summed E-state index contributed by atoms with van der Waals surface area (Å²) in [5.74, 6) is -0.680. The molecule has 3 nitrogen and oxygen atoms in total. The van der Waals surface area contributed by atoms with E-state index in [4.69, 9.17) is 4.74 Å². The summed E-state index contributed by atoms with van der Waals surface area (Å²) in [6.07, 6.45) is 4.32. The number of nitrogens with zero attached hydrogens (tertiary/aromatic N) is 1. The lowest BCUT2D eigenvalue weighted by Gasteiger charge is -2.43. The molecular formula is C15H17BrFNO2. The highest BCUT2D eigenvalue weighted by molar-refractivity contribution is 9.10. The van der Waals surface area contributed by atoms with Gasteiger partial charge >= 0.3 is 0 Å². The van der Waals surface area contributed by atoms with E-state index in [-0.39, 0.29) is 23.6 Å². The Hall–Kier alpha value is -0.940. The van der Waals surface area contributed by atoms with Crippen molar-refractivity contribution in [3.8, 4) is 0 Å². The summed E-state index contributed by atoms with van der Waals surface area (Å²) in [5, 5.41) is 0. The van der Waals surface area contributed by atoms with E-state index in [1.165, 1.54) is 6.07 Å². The second-order valence-electron chi connectivity index (χ2n) is 5.38. The largest absolute Gasteiger partial charge is 0.374 e. The topological polar surface area (TPSA) is 29.5 Å². The van der Waals surface area contributed by atoms with E-state index < -0.39 is 5.82 Å². The highest BCUT2D eigenvalue weighted by atomic mass is 79.9. The molecule has 1 aliphatic heterocycles. The van der Waals surface area contributed by atoms with Gasteiger partial charge in [0.05, 0.1) is 24.3 Å². The van der Waals surface area contributed by atoms with Crippen molar-refractivity contribution in [2.45, 2.75) is 37.8 Å². The third kappa shape index (κ3) is 2.61. The molecular weight excluding hydrogens is 325 g/mol. The van der Waals surface area contributed by atoms with Crippen molar-refractivity contribution in [3.05, 3.63) is 34.1 Å². The maximum atomic E-state index is 13.9. The van der Waals surface area contributed by atoms with Crippen LogP contribution in [0.3, 0.4) is 0 Å². The summed E-state index contributed by atoms with van der Waals surface area (Å²) in [6, 6.07) is 4.60. The monoisotopic (exact) mass is 341 g/mol. The van der Waals surface area contributed by atoms with E-state index in [1.54, 1.807) is 17.0 Å². The Labute approximate surface area is 126 Å². The van der Waals surface area contributed by atoms with E-state index in [0.717, 1.165) is 30.2 Å². The van der Waals surface area contributed by atoms with Gasteiger partial charge < -0.3 is 9.64 Å². The van der Waals surface area contributed by atoms with Gasteiger partial charge in [0.2, 0.25) is 0 Å². The van der Waals surface area contributed by atoms with Crippen LogP contribution in [0.2, 0.25) is 0 Å². The molecule has 0 aromatic heterocycles. The van der Waals surface area contributed by atoms with Crippen LogP contribution < -0.4 is 0 Å². The second kappa shape index (κ2) is 5.82. The van der Waals surface area contributed by atoms with Crippen molar-refractivity contribution < 1.29 is 13.9 Å². The minimum absolute atomic E-state index is 0.100. The first-order valence-corrected chi connectivity index (χ1v) is 7.84. The molecule has 0 radical (unpaired) electrons. The Morgan fingerprint density at radius 2 is 2.15 bits per heavy atom. The quantitative estimate of drug-likeness (QED) is 0.783. The SMILES string of the molecule is O=C(c1cc(Br)ccc1F)N1CCOC2CCCCC21. The highest BCUT2D eigenvalue weighted by Crippen LogP contribution is 2.30. The molecule has 3 rings (SSSR count). The van der Waals surface area contributed by atoms with Crippen LogP contribution in [-0.2, 0) is 4.74 Å². The second-order valence-corrected chi connectivity index (χ2v) is 6.30. The van der Waals surface area contributed by atoms with E-state index in [1.807, 2.05) is 0 Å². The van der Waals surface area contributed by atoms with Gasteiger partial charge in [0.15, 0.2) is 0 Å². The molecule has 1 saturated heterocycles. The zero-order valence-electron chi connectivity index (χ0n) is 11.1. The Kier molecular flexibility index (Phi) is 4.08. The van der Waals surface area contributed by atoms with Crippen LogP contribution in [0.25, 0.3) is 0 Å². The van der Waals surface area contributed by atoms with Crippen LogP contribution in [0.4, 0.5) is 4.39 Å². The van der Waals surface area contributed by atoms with E-state index in [9.17, 15) is 9.18 Å². The van der Waals surface area contributed by atoms with Crippen molar-refractivity contribution >= 4 is 21.8 Å². The van der Waals surface area contributed by atoms with Gasteiger partial charge in [-0.15, -0.1) is 0 Å². The Morgan fingerprint density at radius 1 is 1.35 bits per heavy atom. The molecule has 1 amide bonds. The van der Waals surface area contributed by atoms with Crippen LogP contribution in [0.1, 0.15) is 36.0 Å². The molecule has 2 fully saturated rings. The first-order chi connectivity index (χ1) is 9.66. The van der Waals surface area contributed by atoms with Gasteiger partial charge in [-0.3, -0.25) is 4.79 Å². The van der Waals surface area contributed by atoms with Crippen LogP contribution in [0, 0.1) is 5.82 Å². The maximum Gasteiger partial charge on any atom is 0.257 e. The minimum Gasteiger partial charge on any atom is -0.374 e. The van der Waals surface area contributed by atoms with Crippen molar-refractivity contribution in [2.24, 2.45) is 0 Å². The van der Waals surface area contributed by atoms with Crippen LogP contribution in [0.15, 0.2) is 22.7 Å². The molecule has 0 bridgehead atoms. The molecule has 1 aliphatic carbocycles. The zero-order chi connectivity index (χ0) is 14.1. The lowest BCUT2D eigenvalue weighted by molar-refractivity contribution is -0.0753. The van der Waals surface area contributed by atoms with Crippen LogP contribution in [-0.4, -0.2) is 36.1 Å². The number of carbonyl (C=O) groups excluding carboxylic acids is 1. The summed E-state index contributed by atoms with van der Waals surface area (Å²) < 4.78 is 20.4. The fraction of sp³-hybridized carbons (Fsp3) is 0.533. The standard InChI is InChI=1S/C15H17BrFNO2/c16-10-5-6-12(17)11(9-10)15(19)18-7-8-20-14-4-2-1-3-13(14)18/h5-6,9,13-14H,1-4,7-8H2. The molecule has 5 heteroatoms. The Morgan fingerprint density at radius 3 is 3.00 bits per heavy atom. The third-order valence-electron chi connectivity index (χ3n) is 4.15. The lowest BCUT2D eigenvalue weighted by atomic mass is 9.89. The fourth-order valence-electron chi connectivity index (χ4n) is 3.16. The normalized spacial score (nSPS) is 26.2. The van der Waals surface area contributed by atoms with E-state index in [2.05, 4.69) is 15.9 Å². The number of rotatable bonds is 1. The van der Waals surface area contributed by atoms with Crippen molar-refractivity contribution in [2.75, 3.05) is 13.2 Å². The van der Waals surface area contributed by atoms with E-state index >= 15 is 0 Å². The smallest absolute Gasteiger partial charge is 0.257 e. The first-order valence-electron chi connectivity index (χ1n) is 7.04. The van der Waals surface area contributed by atoms with Crippen molar-refractivity contribution in [1.29, 1.82) is 0 Å². The lowest BCUT2D eigenvalue weighted by Crippen LogP contribution is -2.54. The number of hydrogen-bond acceptors (Lipinski definition) is 2. The highest BCUT2D eigenvalue weighted by Gasteiger charge is 2.37. The number of benzene rings is 1. The van der Waals surface area contributed by atoms with Gasteiger partial charge in [0, 0.05) is 11.0 Å². The predicted molar refractivity (Wildman–Crippen MR) is 77.1 cm³/mol. The molecule has 1 aromatic rings. The zero-order valence-corrected chi connectivity index (χ0v) is 12.7. The number of morpholine rings is 1. The summed E-state index contributed by atoms with van der Waals surface area (Å²) >= 11 is 3.30. The van der Waals surface area contributed by atoms with Crippen molar-refractivity contribution in [3.63, 3.8) is 0 Å². The molecule has 108 valence electrons. The summed E-state index contributed by atoms with van der Waals surface area (Å²) in [6.45, 7) is 1.09. The molecule has 2 aliphatic rings. The minimum atomic E-state index is -0.461. The average Bonchev–Trinajstić information content (AvgIpc) is 2.48.